The summed E-state index contributed by atoms with van der Waals surface area (Å²) < 4.78 is 37.5. The summed E-state index contributed by atoms with van der Waals surface area (Å²) in [6, 6.07) is 5.36. The van der Waals surface area contributed by atoms with Crippen molar-refractivity contribution in [1.29, 1.82) is 0 Å². The predicted molar refractivity (Wildman–Crippen MR) is 75.2 cm³/mol. The lowest BCUT2D eigenvalue weighted by Gasteiger charge is -2.31. The van der Waals surface area contributed by atoms with Crippen LogP contribution >= 0.6 is 0 Å². The average molecular weight is 288 g/mol. The van der Waals surface area contributed by atoms with Gasteiger partial charge in [0.05, 0.1) is 5.56 Å². The molecule has 0 aliphatic rings. The lowest BCUT2D eigenvalue weighted by Crippen LogP contribution is -2.38. The molecule has 0 heterocycles. The highest BCUT2D eigenvalue weighted by Gasteiger charge is 2.30. The Kier molecular flexibility index (Phi) is 5.59. The molecule has 2 N–H and O–H groups in total. The second-order valence-electron chi connectivity index (χ2n) is 5.87. The number of rotatable bonds is 6. The summed E-state index contributed by atoms with van der Waals surface area (Å²) in [5, 5.41) is 0. The quantitative estimate of drug-likeness (QED) is 0.868. The van der Waals surface area contributed by atoms with Gasteiger partial charge in [0.15, 0.2) is 0 Å². The maximum Gasteiger partial charge on any atom is 0.416 e. The molecule has 0 spiro atoms. The van der Waals surface area contributed by atoms with Crippen LogP contribution in [0.3, 0.4) is 0 Å². The first kappa shape index (κ1) is 17.0. The molecule has 1 aromatic rings. The van der Waals surface area contributed by atoms with Gasteiger partial charge in [-0.2, -0.15) is 13.2 Å². The molecule has 0 saturated heterocycles. The summed E-state index contributed by atoms with van der Waals surface area (Å²) in [7, 11) is 0. The van der Waals surface area contributed by atoms with Gasteiger partial charge in [0.2, 0.25) is 0 Å². The summed E-state index contributed by atoms with van der Waals surface area (Å²) in [5.74, 6) is 0. The molecule has 0 bridgehead atoms. The van der Waals surface area contributed by atoms with Crippen molar-refractivity contribution in [2.75, 3.05) is 19.6 Å². The fourth-order valence-corrected chi connectivity index (χ4v) is 2.01. The van der Waals surface area contributed by atoms with Crippen LogP contribution in [0, 0.1) is 5.41 Å². The van der Waals surface area contributed by atoms with Crippen LogP contribution in [0.15, 0.2) is 24.3 Å². The van der Waals surface area contributed by atoms with Crippen molar-refractivity contribution in [3.05, 3.63) is 35.4 Å². The van der Waals surface area contributed by atoms with Crippen LogP contribution in [0.5, 0.6) is 0 Å². The minimum atomic E-state index is -4.27. The molecule has 1 rings (SSSR count). The Morgan fingerprint density at radius 2 is 1.65 bits per heavy atom. The molecular formula is C15H23F3N2. The van der Waals surface area contributed by atoms with Crippen molar-refractivity contribution < 1.29 is 13.2 Å². The van der Waals surface area contributed by atoms with Gasteiger partial charge in [0.1, 0.15) is 0 Å². The molecule has 0 fully saturated rings. The van der Waals surface area contributed by atoms with E-state index in [4.69, 9.17) is 5.73 Å². The van der Waals surface area contributed by atoms with Crippen molar-refractivity contribution in [2.24, 2.45) is 11.1 Å². The highest BCUT2D eigenvalue weighted by molar-refractivity contribution is 5.24. The van der Waals surface area contributed by atoms with Gasteiger partial charge in [-0.05, 0) is 36.2 Å². The van der Waals surface area contributed by atoms with E-state index in [-0.39, 0.29) is 5.41 Å². The molecule has 2 nitrogen and oxygen atoms in total. The zero-order valence-electron chi connectivity index (χ0n) is 12.3. The molecule has 114 valence electrons. The third kappa shape index (κ3) is 5.13. The molecule has 5 heteroatoms. The second kappa shape index (κ2) is 6.59. The standard InChI is InChI=1S/C15H23F3N2/c1-4-20(11-14(2,3)10-19)9-12-5-7-13(8-6-12)15(16,17)18/h5-8H,4,9-11,19H2,1-3H3. The summed E-state index contributed by atoms with van der Waals surface area (Å²) in [6.45, 7) is 9.08. The van der Waals surface area contributed by atoms with E-state index in [1.807, 2.05) is 6.92 Å². The molecule has 0 aliphatic carbocycles. The van der Waals surface area contributed by atoms with Gasteiger partial charge in [-0.25, -0.2) is 0 Å². The fourth-order valence-electron chi connectivity index (χ4n) is 2.01. The first-order valence-corrected chi connectivity index (χ1v) is 6.76. The van der Waals surface area contributed by atoms with Gasteiger partial charge in [0.25, 0.3) is 0 Å². The van der Waals surface area contributed by atoms with E-state index in [1.165, 1.54) is 0 Å². The van der Waals surface area contributed by atoms with Crippen molar-refractivity contribution in [1.82, 2.24) is 4.90 Å². The number of hydrogen-bond donors (Lipinski definition) is 1. The predicted octanol–water partition coefficient (Wildman–Crippen LogP) is 3.51. The minimum absolute atomic E-state index is 0.00191. The normalized spacial score (nSPS) is 13.0. The zero-order chi connectivity index (χ0) is 15.4. The summed E-state index contributed by atoms with van der Waals surface area (Å²) >= 11 is 0. The highest BCUT2D eigenvalue weighted by Crippen LogP contribution is 2.29. The Labute approximate surface area is 118 Å². The molecule has 1 aromatic carbocycles. The lowest BCUT2D eigenvalue weighted by atomic mass is 9.93. The third-order valence-corrected chi connectivity index (χ3v) is 3.34. The summed E-state index contributed by atoms with van der Waals surface area (Å²) in [4.78, 5) is 2.19. The Morgan fingerprint density at radius 3 is 2.05 bits per heavy atom. The fraction of sp³-hybridized carbons (Fsp3) is 0.600. The number of nitrogens with two attached hydrogens (primary N) is 1. The van der Waals surface area contributed by atoms with Crippen LogP contribution in [0.1, 0.15) is 31.9 Å². The molecular weight excluding hydrogens is 265 g/mol. The number of nitrogens with zero attached hydrogens (tertiary/aromatic N) is 1. The van der Waals surface area contributed by atoms with Gasteiger partial charge in [-0.3, -0.25) is 4.90 Å². The average Bonchev–Trinajstić information content (AvgIpc) is 2.37. The smallest absolute Gasteiger partial charge is 0.330 e. The summed E-state index contributed by atoms with van der Waals surface area (Å²) in [6.07, 6.45) is -4.27. The van der Waals surface area contributed by atoms with Crippen LogP contribution in [0.2, 0.25) is 0 Å². The summed E-state index contributed by atoms with van der Waals surface area (Å²) in [5.41, 5.74) is 6.00. The molecule has 0 amide bonds. The van der Waals surface area contributed by atoms with E-state index in [0.717, 1.165) is 30.8 Å². The molecule has 20 heavy (non-hydrogen) atoms. The van der Waals surface area contributed by atoms with Gasteiger partial charge < -0.3 is 5.73 Å². The van der Waals surface area contributed by atoms with Gasteiger partial charge in [0, 0.05) is 13.1 Å². The largest absolute Gasteiger partial charge is 0.416 e. The topological polar surface area (TPSA) is 29.3 Å². The first-order valence-electron chi connectivity index (χ1n) is 6.76. The van der Waals surface area contributed by atoms with Crippen LogP contribution in [-0.4, -0.2) is 24.5 Å². The maximum atomic E-state index is 12.5. The van der Waals surface area contributed by atoms with Crippen LogP contribution < -0.4 is 5.73 Å². The number of benzene rings is 1. The SMILES string of the molecule is CCN(Cc1ccc(C(F)(F)F)cc1)CC(C)(C)CN. The van der Waals surface area contributed by atoms with Gasteiger partial charge >= 0.3 is 6.18 Å². The number of alkyl halides is 3. The Morgan fingerprint density at radius 1 is 1.10 bits per heavy atom. The minimum Gasteiger partial charge on any atom is -0.330 e. The molecule has 0 radical (unpaired) electrons. The first-order chi connectivity index (χ1) is 9.18. The van der Waals surface area contributed by atoms with Crippen molar-refractivity contribution in [3.63, 3.8) is 0 Å². The Hall–Kier alpha value is -1.07. The monoisotopic (exact) mass is 288 g/mol. The lowest BCUT2D eigenvalue weighted by molar-refractivity contribution is -0.137. The van der Waals surface area contributed by atoms with Gasteiger partial charge in [-0.1, -0.05) is 32.9 Å². The molecule has 0 aliphatic heterocycles. The number of hydrogen-bond acceptors (Lipinski definition) is 2. The van der Waals surface area contributed by atoms with E-state index in [9.17, 15) is 13.2 Å². The van der Waals surface area contributed by atoms with E-state index in [0.29, 0.717) is 13.1 Å². The van der Waals surface area contributed by atoms with Gasteiger partial charge in [-0.15, -0.1) is 0 Å². The van der Waals surface area contributed by atoms with Crippen molar-refractivity contribution in [3.8, 4) is 0 Å². The molecule has 0 saturated carbocycles. The number of halogens is 3. The second-order valence-corrected chi connectivity index (χ2v) is 5.87. The van der Waals surface area contributed by atoms with E-state index in [1.54, 1.807) is 12.1 Å². The maximum absolute atomic E-state index is 12.5. The van der Waals surface area contributed by atoms with Crippen LogP contribution in [-0.2, 0) is 12.7 Å². The highest BCUT2D eigenvalue weighted by atomic mass is 19.4. The zero-order valence-corrected chi connectivity index (χ0v) is 12.3. The van der Waals surface area contributed by atoms with Crippen LogP contribution in [0.25, 0.3) is 0 Å². The van der Waals surface area contributed by atoms with E-state index < -0.39 is 11.7 Å². The molecule has 0 atom stereocenters. The molecule has 0 unspecified atom stereocenters. The van der Waals surface area contributed by atoms with Crippen LogP contribution in [0.4, 0.5) is 13.2 Å². The molecule has 0 aromatic heterocycles. The van der Waals surface area contributed by atoms with E-state index in [2.05, 4.69) is 18.7 Å². The Bertz CT molecular complexity index is 410. The van der Waals surface area contributed by atoms with E-state index >= 15 is 0 Å². The third-order valence-electron chi connectivity index (χ3n) is 3.34. The van der Waals surface area contributed by atoms with Crippen molar-refractivity contribution in [2.45, 2.75) is 33.5 Å². The Balaban J connectivity index is 2.71. The van der Waals surface area contributed by atoms with Crippen molar-refractivity contribution >= 4 is 0 Å².